The Labute approximate surface area is 198 Å². The Bertz CT molecular complexity index is 876. The highest BCUT2D eigenvalue weighted by Gasteiger charge is 2.30. The third-order valence-electron chi connectivity index (χ3n) is 6.05. The molecule has 1 unspecified atom stereocenters. The molecule has 2 aliphatic heterocycles. The standard InChI is InChI=1S/C23H34N6O2.C2H6/c1-27(2)10-5-9-24-22-19-6-3-4-7-20(19)25-21(26-22)16-28-11-13-29(14-12-28)23(30)18-8-15-31-17-18;1-2/h3-4,6-7,18H,5,8-17H2,1-2H3,(H,24,25,26);1-2H3. The van der Waals surface area contributed by atoms with Gasteiger partial charge in [-0.3, -0.25) is 9.69 Å². The number of carbonyl (C=O) groups is 1. The van der Waals surface area contributed by atoms with Crippen LogP contribution in [0.5, 0.6) is 0 Å². The highest BCUT2D eigenvalue weighted by molar-refractivity contribution is 5.89. The summed E-state index contributed by atoms with van der Waals surface area (Å²) in [5, 5.41) is 4.57. The van der Waals surface area contributed by atoms with Gasteiger partial charge in [0.2, 0.25) is 5.91 Å². The summed E-state index contributed by atoms with van der Waals surface area (Å²) in [6.45, 7) is 11.1. The largest absolute Gasteiger partial charge is 0.381 e. The number of carbonyl (C=O) groups excluding carboxylic acids is 1. The maximum atomic E-state index is 12.6. The van der Waals surface area contributed by atoms with Crippen LogP contribution in [0.3, 0.4) is 0 Å². The summed E-state index contributed by atoms with van der Waals surface area (Å²) in [5.74, 6) is 2.05. The molecular formula is C25H40N6O2. The monoisotopic (exact) mass is 456 g/mol. The van der Waals surface area contributed by atoms with Gasteiger partial charge in [-0.15, -0.1) is 0 Å². The van der Waals surface area contributed by atoms with Crippen LogP contribution in [0, 0.1) is 5.92 Å². The Morgan fingerprint density at radius 2 is 1.91 bits per heavy atom. The van der Waals surface area contributed by atoms with Gasteiger partial charge in [0.15, 0.2) is 0 Å². The molecule has 3 heterocycles. The molecule has 0 bridgehead atoms. The molecule has 1 aromatic carbocycles. The number of hydrogen-bond donors (Lipinski definition) is 1. The molecule has 4 rings (SSSR count). The SMILES string of the molecule is CC.CN(C)CCCNc1nc(CN2CCN(C(=O)C3CCOC3)CC2)nc2ccccc12. The molecule has 2 aliphatic rings. The molecule has 33 heavy (non-hydrogen) atoms. The van der Waals surface area contributed by atoms with Gasteiger partial charge >= 0.3 is 0 Å². The first-order valence-electron chi connectivity index (χ1n) is 12.3. The number of fused-ring (bicyclic) bond motifs is 1. The van der Waals surface area contributed by atoms with Crippen LogP contribution in [0.2, 0.25) is 0 Å². The number of rotatable bonds is 8. The summed E-state index contributed by atoms with van der Waals surface area (Å²) >= 11 is 0. The molecule has 182 valence electrons. The van der Waals surface area contributed by atoms with E-state index in [1.165, 1.54) is 0 Å². The second kappa shape index (κ2) is 12.8. The lowest BCUT2D eigenvalue weighted by Crippen LogP contribution is -2.50. The number of aromatic nitrogens is 2. The van der Waals surface area contributed by atoms with E-state index in [4.69, 9.17) is 14.7 Å². The predicted octanol–water partition coefficient (Wildman–Crippen LogP) is 2.70. The van der Waals surface area contributed by atoms with Crippen molar-refractivity contribution in [2.75, 3.05) is 71.9 Å². The van der Waals surface area contributed by atoms with Crippen molar-refractivity contribution in [1.29, 1.82) is 0 Å². The van der Waals surface area contributed by atoms with E-state index in [-0.39, 0.29) is 11.8 Å². The number of para-hydroxylation sites is 1. The molecule has 1 aromatic heterocycles. The minimum atomic E-state index is 0.0523. The summed E-state index contributed by atoms with van der Waals surface area (Å²) in [6.07, 6.45) is 1.91. The predicted molar refractivity (Wildman–Crippen MR) is 133 cm³/mol. The Kier molecular flexibility index (Phi) is 9.84. The minimum absolute atomic E-state index is 0.0523. The van der Waals surface area contributed by atoms with Crippen molar-refractivity contribution in [3.05, 3.63) is 30.1 Å². The van der Waals surface area contributed by atoms with E-state index in [0.29, 0.717) is 19.8 Å². The molecular weight excluding hydrogens is 416 g/mol. The summed E-state index contributed by atoms with van der Waals surface area (Å²) in [4.78, 5) is 28.8. The molecule has 1 amide bonds. The van der Waals surface area contributed by atoms with Gasteiger partial charge in [0.05, 0.1) is 24.6 Å². The summed E-state index contributed by atoms with van der Waals surface area (Å²) < 4.78 is 5.38. The number of hydrogen-bond acceptors (Lipinski definition) is 7. The second-order valence-electron chi connectivity index (χ2n) is 8.75. The first-order valence-corrected chi connectivity index (χ1v) is 12.3. The molecule has 1 atom stereocenters. The number of piperazine rings is 1. The molecule has 0 spiro atoms. The van der Waals surface area contributed by atoms with Crippen LogP contribution < -0.4 is 5.32 Å². The third-order valence-corrected chi connectivity index (χ3v) is 6.05. The van der Waals surface area contributed by atoms with E-state index in [1.807, 2.05) is 36.9 Å². The van der Waals surface area contributed by atoms with E-state index < -0.39 is 0 Å². The van der Waals surface area contributed by atoms with E-state index in [9.17, 15) is 4.79 Å². The number of amides is 1. The van der Waals surface area contributed by atoms with Gasteiger partial charge in [-0.25, -0.2) is 9.97 Å². The van der Waals surface area contributed by atoms with Crippen molar-refractivity contribution >= 4 is 22.6 Å². The number of benzene rings is 1. The first kappa shape index (κ1) is 25.3. The van der Waals surface area contributed by atoms with Gasteiger partial charge in [0.1, 0.15) is 11.6 Å². The molecule has 0 aliphatic carbocycles. The molecule has 2 fully saturated rings. The average molecular weight is 457 g/mol. The maximum absolute atomic E-state index is 12.6. The van der Waals surface area contributed by atoms with E-state index >= 15 is 0 Å². The fourth-order valence-corrected chi connectivity index (χ4v) is 4.25. The average Bonchev–Trinajstić information content (AvgIpc) is 3.38. The summed E-state index contributed by atoms with van der Waals surface area (Å²) in [5.41, 5.74) is 0.970. The fraction of sp³-hybridized carbons (Fsp3) is 0.640. The smallest absolute Gasteiger partial charge is 0.228 e. The fourth-order valence-electron chi connectivity index (χ4n) is 4.25. The summed E-state index contributed by atoms with van der Waals surface area (Å²) in [6, 6.07) is 8.17. The van der Waals surface area contributed by atoms with E-state index in [2.05, 4.69) is 35.3 Å². The van der Waals surface area contributed by atoms with E-state index in [0.717, 1.165) is 74.7 Å². The van der Waals surface area contributed by atoms with E-state index in [1.54, 1.807) is 0 Å². The van der Waals surface area contributed by atoms with Crippen LogP contribution in [0.1, 0.15) is 32.5 Å². The van der Waals surface area contributed by atoms with Gasteiger partial charge in [-0.05, 0) is 45.6 Å². The second-order valence-corrected chi connectivity index (χ2v) is 8.75. The van der Waals surface area contributed by atoms with Crippen LogP contribution >= 0.6 is 0 Å². The third kappa shape index (κ3) is 7.09. The van der Waals surface area contributed by atoms with Gasteiger partial charge < -0.3 is 19.9 Å². The van der Waals surface area contributed by atoms with Crippen molar-refractivity contribution in [1.82, 2.24) is 24.7 Å². The van der Waals surface area contributed by atoms with Crippen molar-refractivity contribution in [3.63, 3.8) is 0 Å². The Morgan fingerprint density at radius 3 is 2.61 bits per heavy atom. The van der Waals surface area contributed by atoms with Gasteiger partial charge in [-0.1, -0.05) is 26.0 Å². The lowest BCUT2D eigenvalue weighted by Gasteiger charge is -2.35. The Morgan fingerprint density at radius 1 is 1.15 bits per heavy atom. The first-order chi connectivity index (χ1) is 16.1. The highest BCUT2D eigenvalue weighted by atomic mass is 16.5. The zero-order valence-electron chi connectivity index (χ0n) is 20.7. The lowest BCUT2D eigenvalue weighted by molar-refractivity contribution is -0.137. The molecule has 1 N–H and O–H groups in total. The lowest BCUT2D eigenvalue weighted by atomic mass is 10.1. The number of ether oxygens (including phenoxy) is 1. The van der Waals surface area contributed by atoms with Crippen molar-refractivity contribution < 1.29 is 9.53 Å². The molecule has 8 heteroatoms. The maximum Gasteiger partial charge on any atom is 0.228 e. The quantitative estimate of drug-likeness (QED) is 0.612. The van der Waals surface area contributed by atoms with Gasteiger partial charge in [-0.2, -0.15) is 0 Å². The summed E-state index contributed by atoms with van der Waals surface area (Å²) in [7, 11) is 4.18. The van der Waals surface area contributed by atoms with Crippen LogP contribution in [0.15, 0.2) is 24.3 Å². The number of anilines is 1. The Balaban J connectivity index is 0.00000149. The van der Waals surface area contributed by atoms with Crippen molar-refractivity contribution in [3.8, 4) is 0 Å². The van der Waals surface area contributed by atoms with Crippen LogP contribution in [-0.2, 0) is 16.1 Å². The van der Waals surface area contributed by atoms with Gasteiger partial charge in [0, 0.05) is 44.7 Å². The normalized spacial score (nSPS) is 18.9. The zero-order chi connectivity index (χ0) is 23.6. The molecule has 8 nitrogen and oxygen atoms in total. The van der Waals surface area contributed by atoms with Crippen LogP contribution in [-0.4, -0.2) is 97.2 Å². The van der Waals surface area contributed by atoms with Crippen LogP contribution in [0.4, 0.5) is 5.82 Å². The van der Waals surface area contributed by atoms with Crippen molar-refractivity contribution in [2.24, 2.45) is 5.92 Å². The number of nitrogens with one attached hydrogen (secondary N) is 1. The molecule has 2 aromatic rings. The Hall–Kier alpha value is -2.29. The van der Waals surface area contributed by atoms with Crippen molar-refractivity contribution in [2.45, 2.75) is 33.2 Å². The molecule has 0 saturated carbocycles. The topological polar surface area (TPSA) is 73.8 Å². The zero-order valence-corrected chi connectivity index (χ0v) is 20.7. The minimum Gasteiger partial charge on any atom is -0.381 e. The van der Waals surface area contributed by atoms with Gasteiger partial charge in [0.25, 0.3) is 0 Å². The molecule has 0 radical (unpaired) electrons. The highest BCUT2D eigenvalue weighted by Crippen LogP contribution is 2.21. The molecule has 2 saturated heterocycles. The van der Waals surface area contributed by atoms with Crippen LogP contribution in [0.25, 0.3) is 10.9 Å². The number of nitrogens with zero attached hydrogens (tertiary/aromatic N) is 5.